The van der Waals surface area contributed by atoms with Crippen molar-refractivity contribution in [2.24, 2.45) is 0 Å². The van der Waals surface area contributed by atoms with E-state index in [1.54, 1.807) is 6.07 Å². The second-order valence-electron chi connectivity index (χ2n) is 3.71. The van der Waals surface area contributed by atoms with Crippen molar-refractivity contribution >= 4 is 5.82 Å². The third-order valence-electron chi connectivity index (χ3n) is 2.74. The highest BCUT2D eigenvalue weighted by atomic mass is 19.1. The summed E-state index contributed by atoms with van der Waals surface area (Å²) in [5.41, 5.74) is 7.66. The van der Waals surface area contributed by atoms with Crippen LogP contribution in [0.2, 0.25) is 0 Å². The minimum atomic E-state index is -0.339. The summed E-state index contributed by atoms with van der Waals surface area (Å²) in [4.78, 5) is 0. The minimum Gasteiger partial charge on any atom is -0.492 e. The number of benzene rings is 1. The molecule has 0 bridgehead atoms. The Morgan fingerprint density at radius 1 is 1.44 bits per heavy atom. The average Bonchev–Trinajstić information content (AvgIpc) is 2.87. The number of fused-ring (bicyclic) bond motifs is 1. The Balaban J connectivity index is 2.28. The quantitative estimate of drug-likeness (QED) is 0.767. The van der Waals surface area contributed by atoms with Crippen LogP contribution in [0.1, 0.15) is 5.56 Å². The van der Waals surface area contributed by atoms with Gasteiger partial charge in [0.25, 0.3) is 0 Å². The van der Waals surface area contributed by atoms with Crippen LogP contribution in [-0.2, 0) is 6.42 Å². The first-order valence-corrected chi connectivity index (χ1v) is 5.01. The van der Waals surface area contributed by atoms with E-state index in [0.717, 1.165) is 12.0 Å². The first kappa shape index (κ1) is 9.21. The summed E-state index contributed by atoms with van der Waals surface area (Å²) >= 11 is 0. The fraction of sp³-hybridized carbons (Fsp3) is 0.182. The molecule has 3 rings (SSSR count). The number of halogens is 1. The number of H-pyrrole nitrogens is 1. The number of rotatable bonds is 1. The van der Waals surface area contributed by atoms with E-state index in [0.29, 0.717) is 29.3 Å². The summed E-state index contributed by atoms with van der Waals surface area (Å²) in [5.74, 6) is 0.602. The van der Waals surface area contributed by atoms with Gasteiger partial charge in [-0.05, 0) is 11.6 Å². The summed E-state index contributed by atoms with van der Waals surface area (Å²) in [6.07, 6.45) is 2.32. The van der Waals surface area contributed by atoms with Gasteiger partial charge in [0.05, 0.1) is 23.9 Å². The van der Waals surface area contributed by atoms with Crippen LogP contribution in [-0.4, -0.2) is 16.8 Å². The number of nitrogens with one attached hydrogen (secondary N) is 1. The second kappa shape index (κ2) is 3.23. The number of hydrogen-bond acceptors (Lipinski definition) is 3. The summed E-state index contributed by atoms with van der Waals surface area (Å²) in [6, 6.07) is 3.19. The number of nitrogens with two attached hydrogens (primary N) is 1. The lowest BCUT2D eigenvalue weighted by Gasteiger charge is -2.08. The van der Waals surface area contributed by atoms with Gasteiger partial charge in [-0.25, -0.2) is 4.39 Å². The highest BCUT2D eigenvalue weighted by molar-refractivity contribution is 5.80. The van der Waals surface area contributed by atoms with E-state index >= 15 is 0 Å². The van der Waals surface area contributed by atoms with Gasteiger partial charge in [-0.2, -0.15) is 5.10 Å². The molecule has 0 amide bonds. The molecule has 1 aromatic heterocycles. The van der Waals surface area contributed by atoms with Gasteiger partial charge in [0.15, 0.2) is 0 Å². The van der Waals surface area contributed by atoms with Gasteiger partial charge in [0.2, 0.25) is 0 Å². The van der Waals surface area contributed by atoms with Crippen LogP contribution in [0.5, 0.6) is 5.75 Å². The molecule has 16 heavy (non-hydrogen) atoms. The van der Waals surface area contributed by atoms with Crippen molar-refractivity contribution in [2.45, 2.75) is 6.42 Å². The molecule has 2 heterocycles. The zero-order valence-corrected chi connectivity index (χ0v) is 8.46. The molecule has 0 saturated carbocycles. The van der Waals surface area contributed by atoms with Crippen molar-refractivity contribution in [1.29, 1.82) is 0 Å². The Hall–Kier alpha value is -2.04. The highest BCUT2D eigenvalue weighted by Gasteiger charge is 2.22. The van der Waals surface area contributed by atoms with Crippen LogP contribution < -0.4 is 10.5 Å². The molecule has 1 aliphatic heterocycles. The lowest BCUT2D eigenvalue weighted by atomic mass is 10.0. The van der Waals surface area contributed by atoms with Gasteiger partial charge >= 0.3 is 0 Å². The smallest absolute Gasteiger partial charge is 0.134 e. The van der Waals surface area contributed by atoms with Gasteiger partial charge in [-0.1, -0.05) is 6.07 Å². The molecule has 2 aromatic rings. The lowest BCUT2D eigenvalue weighted by molar-refractivity contribution is 0.356. The number of hydrogen-bond donors (Lipinski definition) is 2. The van der Waals surface area contributed by atoms with E-state index in [9.17, 15) is 4.39 Å². The standard InChI is InChI=1S/C11H10FN3O/c12-8-2-1-6-3-4-16-10(6)9(8)7-5-14-15-11(7)13/h1-2,5H,3-4H2,(H3,13,14,15). The van der Waals surface area contributed by atoms with Gasteiger partial charge < -0.3 is 10.5 Å². The maximum Gasteiger partial charge on any atom is 0.134 e. The molecule has 1 aromatic carbocycles. The molecule has 5 heteroatoms. The van der Waals surface area contributed by atoms with Crippen molar-refractivity contribution < 1.29 is 9.13 Å². The summed E-state index contributed by atoms with van der Waals surface area (Å²) in [7, 11) is 0. The van der Waals surface area contributed by atoms with Crippen molar-refractivity contribution in [3.8, 4) is 16.9 Å². The van der Waals surface area contributed by atoms with Crippen LogP contribution in [0.3, 0.4) is 0 Å². The number of nitrogens with zero attached hydrogens (tertiary/aromatic N) is 1. The topological polar surface area (TPSA) is 63.9 Å². The molecular weight excluding hydrogens is 209 g/mol. The zero-order valence-electron chi connectivity index (χ0n) is 8.46. The molecular formula is C11H10FN3O. The van der Waals surface area contributed by atoms with E-state index in [1.807, 2.05) is 0 Å². The number of anilines is 1. The van der Waals surface area contributed by atoms with Crippen molar-refractivity contribution in [3.63, 3.8) is 0 Å². The Kier molecular flexibility index (Phi) is 1.86. The van der Waals surface area contributed by atoms with Crippen LogP contribution in [0.25, 0.3) is 11.1 Å². The van der Waals surface area contributed by atoms with E-state index in [2.05, 4.69) is 10.2 Å². The summed E-state index contributed by atoms with van der Waals surface area (Å²) in [5, 5.41) is 6.38. The molecule has 0 fully saturated rings. The molecule has 3 N–H and O–H groups in total. The monoisotopic (exact) mass is 219 g/mol. The lowest BCUT2D eigenvalue weighted by Crippen LogP contribution is -1.94. The first-order chi connectivity index (χ1) is 7.77. The first-order valence-electron chi connectivity index (χ1n) is 5.01. The van der Waals surface area contributed by atoms with Crippen LogP contribution >= 0.6 is 0 Å². The highest BCUT2D eigenvalue weighted by Crippen LogP contribution is 2.40. The minimum absolute atomic E-state index is 0.339. The Bertz CT molecular complexity index is 550. The molecule has 0 atom stereocenters. The number of aromatic amines is 1. The summed E-state index contributed by atoms with van der Waals surface area (Å²) < 4.78 is 19.3. The van der Waals surface area contributed by atoms with E-state index in [1.165, 1.54) is 12.3 Å². The fourth-order valence-electron chi connectivity index (χ4n) is 1.97. The average molecular weight is 219 g/mol. The predicted octanol–water partition coefficient (Wildman–Crippen LogP) is 1.73. The van der Waals surface area contributed by atoms with Gasteiger partial charge in [0.1, 0.15) is 17.4 Å². The van der Waals surface area contributed by atoms with Crippen LogP contribution in [0, 0.1) is 5.82 Å². The Morgan fingerprint density at radius 3 is 3.06 bits per heavy atom. The van der Waals surface area contributed by atoms with E-state index < -0.39 is 0 Å². The largest absolute Gasteiger partial charge is 0.492 e. The van der Waals surface area contributed by atoms with Gasteiger partial charge in [0, 0.05) is 6.42 Å². The molecule has 0 radical (unpaired) electrons. The number of nitrogen functional groups attached to an aromatic ring is 1. The molecule has 0 spiro atoms. The molecule has 82 valence electrons. The summed E-state index contributed by atoms with van der Waals surface area (Å²) in [6.45, 7) is 0.587. The van der Waals surface area contributed by atoms with Crippen LogP contribution in [0.4, 0.5) is 10.2 Å². The third kappa shape index (κ3) is 1.18. The second-order valence-corrected chi connectivity index (χ2v) is 3.71. The molecule has 0 aliphatic carbocycles. The van der Waals surface area contributed by atoms with Gasteiger partial charge in [-0.3, -0.25) is 5.10 Å². The Labute approximate surface area is 91.2 Å². The third-order valence-corrected chi connectivity index (χ3v) is 2.74. The maximum absolute atomic E-state index is 13.8. The van der Waals surface area contributed by atoms with E-state index in [-0.39, 0.29) is 5.82 Å². The van der Waals surface area contributed by atoms with Gasteiger partial charge in [-0.15, -0.1) is 0 Å². The fourth-order valence-corrected chi connectivity index (χ4v) is 1.97. The maximum atomic E-state index is 13.8. The molecule has 0 saturated heterocycles. The zero-order chi connectivity index (χ0) is 11.1. The van der Waals surface area contributed by atoms with Crippen molar-refractivity contribution in [1.82, 2.24) is 10.2 Å². The molecule has 4 nitrogen and oxygen atoms in total. The number of ether oxygens (including phenoxy) is 1. The van der Waals surface area contributed by atoms with Crippen molar-refractivity contribution in [2.75, 3.05) is 12.3 Å². The van der Waals surface area contributed by atoms with Crippen LogP contribution in [0.15, 0.2) is 18.3 Å². The number of aromatic nitrogens is 2. The SMILES string of the molecule is Nc1[nH]ncc1-c1c(F)ccc2c1OCC2. The molecule has 0 unspecified atom stereocenters. The Morgan fingerprint density at radius 2 is 2.31 bits per heavy atom. The van der Waals surface area contributed by atoms with E-state index in [4.69, 9.17) is 10.5 Å². The predicted molar refractivity (Wildman–Crippen MR) is 57.6 cm³/mol. The molecule has 1 aliphatic rings. The normalized spacial score (nSPS) is 13.6. The van der Waals surface area contributed by atoms with Crippen molar-refractivity contribution in [3.05, 3.63) is 29.7 Å².